The van der Waals surface area contributed by atoms with Crippen molar-refractivity contribution in [2.45, 2.75) is 130 Å². The molecule has 0 aliphatic carbocycles. The van der Waals surface area contributed by atoms with Gasteiger partial charge in [-0.3, -0.25) is 9.59 Å². The molecule has 0 aromatic carbocycles. The van der Waals surface area contributed by atoms with E-state index in [0.717, 1.165) is 31.6 Å². The van der Waals surface area contributed by atoms with Crippen LogP contribution in [0.4, 0.5) is 0 Å². The Kier molecular flexibility index (Phi) is 20.4. The maximum atomic E-state index is 12.0. The van der Waals surface area contributed by atoms with Gasteiger partial charge in [-0.05, 0) is 31.1 Å². The van der Waals surface area contributed by atoms with E-state index in [1.54, 1.807) is 0 Å². The zero-order valence-corrected chi connectivity index (χ0v) is 20.7. The highest BCUT2D eigenvalue weighted by Gasteiger charge is 2.08. The topological polar surface area (TPSA) is 58.2 Å². The lowest BCUT2D eigenvalue weighted by Gasteiger charge is -2.14. The first-order chi connectivity index (χ1) is 14.5. The highest BCUT2D eigenvalue weighted by atomic mass is 16.2. The van der Waals surface area contributed by atoms with Crippen molar-refractivity contribution in [3.8, 4) is 0 Å². The van der Waals surface area contributed by atoms with Crippen molar-refractivity contribution in [3.05, 3.63) is 0 Å². The lowest BCUT2D eigenvalue weighted by molar-refractivity contribution is -0.121. The van der Waals surface area contributed by atoms with E-state index in [1.165, 1.54) is 64.2 Å². The van der Waals surface area contributed by atoms with Crippen LogP contribution >= 0.6 is 0 Å². The number of carbonyl (C=O) groups is 2. The van der Waals surface area contributed by atoms with Crippen LogP contribution in [0.2, 0.25) is 0 Å². The predicted octanol–water partition coefficient (Wildman–Crippen LogP) is 6.77. The van der Waals surface area contributed by atoms with Gasteiger partial charge in [-0.25, -0.2) is 0 Å². The second kappa shape index (κ2) is 21.2. The van der Waals surface area contributed by atoms with Crippen LogP contribution in [0.3, 0.4) is 0 Å². The van der Waals surface area contributed by atoms with Gasteiger partial charge in [0, 0.05) is 25.9 Å². The Morgan fingerprint density at radius 2 is 1.23 bits per heavy atom. The maximum absolute atomic E-state index is 12.0. The summed E-state index contributed by atoms with van der Waals surface area (Å²) in [6.07, 6.45) is 18.2. The van der Waals surface area contributed by atoms with Crippen LogP contribution in [0.5, 0.6) is 0 Å². The van der Waals surface area contributed by atoms with Gasteiger partial charge < -0.3 is 10.6 Å². The van der Waals surface area contributed by atoms with E-state index in [9.17, 15) is 9.59 Å². The van der Waals surface area contributed by atoms with E-state index in [0.29, 0.717) is 31.8 Å². The number of amides is 2. The normalized spacial score (nSPS) is 13.1. The van der Waals surface area contributed by atoms with Gasteiger partial charge in [0.25, 0.3) is 0 Å². The molecule has 0 fully saturated rings. The molecular weight excluding hydrogens is 372 g/mol. The third-order valence-electron chi connectivity index (χ3n) is 6.20. The Labute approximate surface area is 187 Å². The van der Waals surface area contributed by atoms with Crippen molar-refractivity contribution < 1.29 is 9.59 Å². The quantitative estimate of drug-likeness (QED) is 0.200. The van der Waals surface area contributed by atoms with Gasteiger partial charge in [-0.2, -0.15) is 0 Å². The van der Waals surface area contributed by atoms with Crippen molar-refractivity contribution in [1.29, 1.82) is 0 Å². The summed E-state index contributed by atoms with van der Waals surface area (Å²) in [6.45, 7) is 10.3. The van der Waals surface area contributed by atoms with Gasteiger partial charge in [0.15, 0.2) is 0 Å². The lowest BCUT2D eigenvalue weighted by Crippen LogP contribution is -2.29. The Balaban J connectivity index is 3.57. The van der Waals surface area contributed by atoms with Gasteiger partial charge in [0.2, 0.25) is 11.8 Å². The molecule has 30 heavy (non-hydrogen) atoms. The molecule has 0 spiro atoms. The number of unbranched alkanes of at least 4 members (excludes halogenated alkanes) is 5. The smallest absolute Gasteiger partial charge is 0.220 e. The molecule has 0 heterocycles. The Hall–Kier alpha value is -1.06. The molecule has 4 nitrogen and oxygen atoms in total. The summed E-state index contributed by atoms with van der Waals surface area (Å²) >= 11 is 0. The molecule has 0 aliphatic rings. The highest BCUT2D eigenvalue weighted by molar-refractivity contribution is 5.76. The first kappa shape index (κ1) is 28.9. The van der Waals surface area contributed by atoms with Crippen LogP contribution in [0, 0.1) is 11.8 Å². The molecule has 2 unspecified atom stereocenters. The van der Waals surface area contributed by atoms with E-state index in [2.05, 4.69) is 38.3 Å². The fraction of sp³-hybridized carbons (Fsp3) is 0.923. The van der Waals surface area contributed by atoms with Gasteiger partial charge in [-0.1, -0.05) is 98.3 Å². The first-order valence-electron chi connectivity index (χ1n) is 13.1. The van der Waals surface area contributed by atoms with Gasteiger partial charge >= 0.3 is 0 Å². The SMILES string of the molecule is CCCCCCCC(CC)CCCCC(=O)NCCCNC(=O)CCC(C)CCC. The third-order valence-corrected chi connectivity index (χ3v) is 6.20. The van der Waals surface area contributed by atoms with E-state index < -0.39 is 0 Å². The largest absolute Gasteiger partial charge is 0.356 e. The van der Waals surface area contributed by atoms with E-state index in [-0.39, 0.29) is 11.8 Å². The summed E-state index contributed by atoms with van der Waals surface area (Å²) < 4.78 is 0. The van der Waals surface area contributed by atoms with Gasteiger partial charge in [0.05, 0.1) is 0 Å². The average Bonchev–Trinajstić information content (AvgIpc) is 2.73. The molecule has 0 saturated carbocycles. The molecule has 0 saturated heterocycles. The molecule has 178 valence electrons. The number of nitrogens with one attached hydrogen (secondary N) is 2. The Morgan fingerprint density at radius 3 is 1.83 bits per heavy atom. The van der Waals surface area contributed by atoms with Gasteiger partial charge in [0.1, 0.15) is 0 Å². The van der Waals surface area contributed by atoms with Gasteiger partial charge in [-0.15, -0.1) is 0 Å². The van der Waals surface area contributed by atoms with E-state index in [4.69, 9.17) is 0 Å². The highest BCUT2D eigenvalue weighted by Crippen LogP contribution is 2.21. The molecule has 0 radical (unpaired) electrons. The van der Waals surface area contributed by atoms with Crippen molar-refractivity contribution in [1.82, 2.24) is 10.6 Å². The molecule has 0 rings (SSSR count). The summed E-state index contributed by atoms with van der Waals surface area (Å²) in [5.74, 6) is 1.75. The van der Waals surface area contributed by atoms with Crippen LogP contribution in [0.1, 0.15) is 130 Å². The number of rotatable bonds is 21. The fourth-order valence-corrected chi connectivity index (χ4v) is 4.04. The second-order valence-electron chi connectivity index (χ2n) is 9.21. The minimum Gasteiger partial charge on any atom is -0.356 e. The van der Waals surface area contributed by atoms with Crippen LogP contribution in [-0.2, 0) is 9.59 Å². The van der Waals surface area contributed by atoms with Crippen molar-refractivity contribution in [2.75, 3.05) is 13.1 Å². The standard InChI is InChI=1S/C26H52N2O2/c1-5-8-9-10-11-16-24(7-3)17-12-13-18-25(29)27-21-14-22-28-26(30)20-19-23(4)15-6-2/h23-24H,5-22H2,1-4H3,(H,27,29)(H,28,30). The summed E-state index contributed by atoms with van der Waals surface area (Å²) in [5.41, 5.74) is 0. The van der Waals surface area contributed by atoms with Crippen LogP contribution in [0.15, 0.2) is 0 Å². The van der Waals surface area contributed by atoms with Crippen molar-refractivity contribution in [3.63, 3.8) is 0 Å². The zero-order valence-electron chi connectivity index (χ0n) is 20.7. The maximum Gasteiger partial charge on any atom is 0.220 e. The Bertz CT molecular complexity index is 412. The van der Waals surface area contributed by atoms with E-state index in [1.807, 2.05) is 0 Å². The summed E-state index contributed by atoms with van der Waals surface area (Å²) in [5, 5.41) is 5.95. The molecule has 2 amide bonds. The molecule has 0 aromatic rings. The number of hydrogen-bond acceptors (Lipinski definition) is 2. The van der Waals surface area contributed by atoms with Crippen LogP contribution in [0.25, 0.3) is 0 Å². The lowest BCUT2D eigenvalue weighted by atomic mass is 9.92. The van der Waals surface area contributed by atoms with Crippen LogP contribution < -0.4 is 10.6 Å². The molecule has 0 aromatic heterocycles. The average molecular weight is 425 g/mol. The summed E-state index contributed by atoms with van der Waals surface area (Å²) in [6, 6.07) is 0. The van der Waals surface area contributed by atoms with Crippen molar-refractivity contribution >= 4 is 11.8 Å². The second-order valence-corrected chi connectivity index (χ2v) is 9.21. The Morgan fingerprint density at radius 1 is 0.633 bits per heavy atom. The minimum atomic E-state index is 0.139. The minimum absolute atomic E-state index is 0.139. The van der Waals surface area contributed by atoms with Crippen LogP contribution in [-0.4, -0.2) is 24.9 Å². The van der Waals surface area contributed by atoms with Crippen molar-refractivity contribution in [2.24, 2.45) is 11.8 Å². The monoisotopic (exact) mass is 424 g/mol. The molecule has 4 heteroatoms. The molecular formula is C26H52N2O2. The number of hydrogen-bond donors (Lipinski definition) is 2. The molecule has 0 bridgehead atoms. The fourth-order valence-electron chi connectivity index (χ4n) is 4.04. The first-order valence-corrected chi connectivity index (χ1v) is 13.1. The summed E-state index contributed by atoms with van der Waals surface area (Å²) in [4.78, 5) is 23.8. The zero-order chi connectivity index (χ0) is 22.5. The molecule has 2 atom stereocenters. The summed E-state index contributed by atoms with van der Waals surface area (Å²) in [7, 11) is 0. The third kappa shape index (κ3) is 18.9. The number of carbonyl (C=O) groups excluding carboxylic acids is 2. The van der Waals surface area contributed by atoms with E-state index >= 15 is 0 Å². The molecule has 2 N–H and O–H groups in total. The molecule has 0 aliphatic heterocycles. The predicted molar refractivity (Wildman–Crippen MR) is 130 cm³/mol.